The van der Waals surface area contributed by atoms with Crippen molar-refractivity contribution in [3.63, 3.8) is 0 Å². The number of fused-ring (bicyclic) bond motifs is 4. The highest BCUT2D eigenvalue weighted by atomic mass is 79.9. The Hall–Kier alpha value is -3.99. The van der Waals surface area contributed by atoms with Crippen molar-refractivity contribution in [2.45, 2.75) is 28.5 Å². The van der Waals surface area contributed by atoms with Gasteiger partial charge < -0.3 is 9.84 Å². The number of anilines is 1. The number of imide groups is 2. The third-order valence-electron chi connectivity index (χ3n) is 9.99. The van der Waals surface area contributed by atoms with Crippen molar-refractivity contribution in [3.05, 3.63) is 101 Å². The highest BCUT2D eigenvalue weighted by Crippen LogP contribution is 2.67. The van der Waals surface area contributed by atoms with Gasteiger partial charge in [0.1, 0.15) is 11.5 Å². The predicted octanol–water partition coefficient (Wildman–Crippen LogP) is 5.55. The van der Waals surface area contributed by atoms with Crippen LogP contribution in [0.5, 0.6) is 11.5 Å². The molecular weight excluding hydrogens is 711 g/mol. The largest absolute Gasteiger partial charge is 0.508 e. The van der Waals surface area contributed by atoms with Gasteiger partial charge in [-0.05, 0) is 55.2 Å². The maximum atomic E-state index is 14.3. The van der Waals surface area contributed by atoms with E-state index in [1.807, 2.05) is 6.07 Å². The summed E-state index contributed by atoms with van der Waals surface area (Å²) in [4.78, 5) is 67.0. The quantitative estimate of drug-likeness (QED) is 0.116. The number of hydrogen-bond acceptors (Lipinski definition) is 7. The van der Waals surface area contributed by atoms with Crippen molar-refractivity contribution >= 4 is 74.2 Å². The second kappa shape index (κ2) is 11.3. The van der Waals surface area contributed by atoms with Gasteiger partial charge in [0.15, 0.2) is 15.5 Å². The average molecular weight is 738 g/mol. The number of likely N-dealkylation sites (tertiary alicyclic amines) is 1. The number of phenols is 1. The van der Waals surface area contributed by atoms with Crippen LogP contribution in [-0.4, -0.2) is 61.7 Å². The Balaban J connectivity index is 1.31. The summed E-state index contributed by atoms with van der Waals surface area (Å²) < 4.78 is 5.59. The molecule has 47 heavy (non-hydrogen) atoms. The van der Waals surface area contributed by atoms with Gasteiger partial charge in [0.25, 0.3) is 11.8 Å². The van der Waals surface area contributed by atoms with E-state index in [-0.39, 0.29) is 41.1 Å². The molecule has 0 aromatic heterocycles. The lowest BCUT2D eigenvalue weighted by molar-refractivity contribution is -0.138. The summed E-state index contributed by atoms with van der Waals surface area (Å²) in [6, 6.07) is 19.6. The molecule has 3 fully saturated rings. The first-order valence-corrected chi connectivity index (χ1v) is 16.8. The number of aromatic hydroxyl groups is 1. The molecule has 1 saturated carbocycles. The molecule has 0 spiro atoms. The monoisotopic (exact) mass is 736 g/mol. The zero-order valence-electron chi connectivity index (χ0n) is 24.9. The van der Waals surface area contributed by atoms with Crippen LogP contribution in [0.1, 0.15) is 40.2 Å². The zero-order chi connectivity index (χ0) is 33.4. The van der Waals surface area contributed by atoms with Gasteiger partial charge in [-0.15, -0.1) is 23.2 Å². The van der Waals surface area contributed by atoms with E-state index >= 15 is 0 Å². The highest BCUT2D eigenvalue weighted by Gasteiger charge is 2.76. The fraction of sp³-hybridized carbons (Fsp3) is 0.286. The Bertz CT molecular complexity index is 1900. The number of carbonyl (C=O) groups excluding carboxylic acids is 5. The minimum Gasteiger partial charge on any atom is -0.508 e. The van der Waals surface area contributed by atoms with Gasteiger partial charge >= 0.3 is 0 Å². The number of halogens is 3. The number of benzene rings is 3. The first kappa shape index (κ1) is 31.6. The summed E-state index contributed by atoms with van der Waals surface area (Å²) in [5.74, 6) is -6.23. The molecule has 4 aliphatic rings. The maximum absolute atomic E-state index is 14.3. The van der Waals surface area contributed by atoms with Crippen molar-refractivity contribution in [3.8, 4) is 11.5 Å². The Morgan fingerprint density at radius 2 is 1.60 bits per heavy atom. The summed E-state index contributed by atoms with van der Waals surface area (Å²) in [6.07, 6.45) is 1.75. The lowest BCUT2D eigenvalue weighted by atomic mass is 9.56. The number of hydrogen-bond donors (Lipinski definition) is 1. The molecular formula is C35H27BrCl2N2O7. The lowest BCUT2D eigenvalue weighted by Gasteiger charge is -2.50. The summed E-state index contributed by atoms with van der Waals surface area (Å²) >= 11 is 17.7. The van der Waals surface area contributed by atoms with Gasteiger partial charge in [-0.25, -0.2) is 0 Å². The molecule has 6 atom stereocenters. The van der Waals surface area contributed by atoms with E-state index in [0.29, 0.717) is 22.4 Å². The van der Waals surface area contributed by atoms with E-state index in [4.69, 9.17) is 27.9 Å². The second-order valence-electron chi connectivity index (χ2n) is 12.1. The molecule has 2 aliphatic heterocycles. The normalized spacial score (nSPS) is 29.7. The molecule has 12 heteroatoms. The van der Waals surface area contributed by atoms with Gasteiger partial charge in [-0.2, -0.15) is 0 Å². The Kier molecular flexibility index (Phi) is 7.61. The summed E-state index contributed by atoms with van der Waals surface area (Å²) in [5.41, 5.74) is 1.74. The van der Waals surface area contributed by atoms with Gasteiger partial charge in [-0.1, -0.05) is 64.0 Å². The van der Waals surface area contributed by atoms with Crippen LogP contribution < -0.4 is 9.64 Å². The SMILES string of the molecule is COc1cccc(O)c1C1C2=CCC3C(=O)N(c4ccc(C(=O)c5ccccc5)cc4)C(=O)C3C2CC2(Cl)C(=O)N(CBr)C(=O)C12Cl. The van der Waals surface area contributed by atoms with Crippen LogP contribution in [0.4, 0.5) is 5.69 Å². The number of rotatable bonds is 6. The Morgan fingerprint density at radius 3 is 2.26 bits per heavy atom. The van der Waals surface area contributed by atoms with Crippen molar-refractivity contribution < 1.29 is 33.8 Å². The molecule has 9 nitrogen and oxygen atoms in total. The minimum atomic E-state index is -2.08. The van der Waals surface area contributed by atoms with Crippen LogP contribution in [0.3, 0.4) is 0 Å². The molecule has 6 unspecified atom stereocenters. The smallest absolute Gasteiger partial charge is 0.254 e. The van der Waals surface area contributed by atoms with Crippen LogP contribution in [0.15, 0.2) is 84.4 Å². The zero-order valence-corrected chi connectivity index (χ0v) is 28.0. The molecule has 3 aromatic rings. The number of alkyl halides is 3. The Morgan fingerprint density at radius 1 is 0.915 bits per heavy atom. The minimum absolute atomic E-state index is 0.154. The summed E-state index contributed by atoms with van der Waals surface area (Å²) in [6.45, 7) is 0. The van der Waals surface area contributed by atoms with Crippen LogP contribution in [-0.2, 0) is 19.2 Å². The number of amides is 4. The van der Waals surface area contributed by atoms with Crippen LogP contribution >= 0.6 is 39.1 Å². The predicted molar refractivity (Wildman–Crippen MR) is 177 cm³/mol. The lowest BCUT2D eigenvalue weighted by Crippen LogP contribution is -2.60. The van der Waals surface area contributed by atoms with Crippen LogP contribution in [0.2, 0.25) is 0 Å². The third-order valence-corrected chi connectivity index (χ3v) is 11.9. The molecule has 240 valence electrons. The Labute approximate surface area is 288 Å². The van der Waals surface area contributed by atoms with Crippen molar-refractivity contribution in [1.29, 1.82) is 0 Å². The van der Waals surface area contributed by atoms with E-state index < -0.39 is 57.0 Å². The van der Waals surface area contributed by atoms with Crippen molar-refractivity contribution in [1.82, 2.24) is 4.90 Å². The number of ketones is 1. The van der Waals surface area contributed by atoms with Crippen molar-refractivity contribution in [2.75, 3.05) is 17.5 Å². The summed E-state index contributed by atoms with van der Waals surface area (Å²) in [7, 11) is 1.40. The number of ether oxygens (including phenoxy) is 1. The number of nitrogens with zero attached hydrogens (tertiary/aromatic N) is 2. The molecule has 1 N–H and O–H groups in total. The van der Waals surface area contributed by atoms with E-state index in [1.54, 1.807) is 66.7 Å². The molecule has 2 saturated heterocycles. The van der Waals surface area contributed by atoms with Gasteiger partial charge in [0.05, 0.1) is 30.1 Å². The van der Waals surface area contributed by atoms with E-state index in [9.17, 15) is 29.1 Å². The van der Waals surface area contributed by atoms with Gasteiger partial charge in [0, 0.05) is 22.6 Å². The molecule has 0 radical (unpaired) electrons. The molecule has 0 bridgehead atoms. The molecule has 4 amide bonds. The number of methoxy groups -OCH3 is 1. The molecule has 2 aliphatic carbocycles. The average Bonchev–Trinajstić information content (AvgIpc) is 3.42. The fourth-order valence-corrected chi connectivity index (χ4v) is 9.25. The number of carbonyl (C=O) groups is 5. The number of allylic oxidation sites excluding steroid dienone is 2. The topological polar surface area (TPSA) is 121 Å². The first-order chi connectivity index (χ1) is 22.5. The highest BCUT2D eigenvalue weighted by molar-refractivity contribution is 9.09. The fourth-order valence-electron chi connectivity index (χ4n) is 7.84. The van der Waals surface area contributed by atoms with E-state index in [1.165, 1.54) is 13.2 Å². The molecule has 2 heterocycles. The molecule has 3 aromatic carbocycles. The summed E-state index contributed by atoms with van der Waals surface area (Å²) in [5, 5.41) is 11.2. The van der Waals surface area contributed by atoms with Crippen molar-refractivity contribution in [2.24, 2.45) is 17.8 Å². The van der Waals surface area contributed by atoms with Crippen LogP contribution in [0.25, 0.3) is 0 Å². The second-order valence-corrected chi connectivity index (χ2v) is 13.9. The van der Waals surface area contributed by atoms with E-state index in [0.717, 1.165) is 9.80 Å². The maximum Gasteiger partial charge on any atom is 0.254 e. The molecule has 7 rings (SSSR count). The van der Waals surface area contributed by atoms with E-state index in [2.05, 4.69) is 15.9 Å². The number of phenolic OH excluding ortho intramolecular Hbond substituents is 1. The first-order valence-electron chi connectivity index (χ1n) is 14.9. The standard InChI is InChI=1S/C35H27BrCl2N2O7/c1-47-25-9-5-8-24(41)27(25)28-21-14-15-22-26(23(21)16-34(37)32(45)39(17-36)33(46)35(28,34)38)31(44)40(30(22)43)20-12-10-19(11-13-20)29(42)18-6-3-2-4-7-18/h2-14,22-23,26,28,41H,15-17H2,1H3. The van der Waals surface area contributed by atoms with Gasteiger partial charge in [0.2, 0.25) is 11.8 Å². The third kappa shape index (κ3) is 4.30. The van der Waals surface area contributed by atoms with Gasteiger partial charge in [-0.3, -0.25) is 33.8 Å². The van der Waals surface area contributed by atoms with Crippen LogP contribution in [0, 0.1) is 17.8 Å².